The minimum absolute atomic E-state index is 0. The van der Waals surface area contributed by atoms with Crippen molar-refractivity contribution in [3.8, 4) is 0 Å². The fourth-order valence-electron chi connectivity index (χ4n) is 1.34. The van der Waals surface area contributed by atoms with E-state index < -0.39 is 20.2 Å². The average Bonchev–Trinajstić information content (AvgIpc) is 2.42. The molecule has 13 heteroatoms. The number of hydrogen-bond donors (Lipinski definition) is 0. The summed E-state index contributed by atoms with van der Waals surface area (Å²) in [7, 11) is -8.77. The first kappa shape index (κ1) is 25.8. The number of rotatable bonds is 2. The van der Waals surface area contributed by atoms with Gasteiger partial charge in [-0.3, -0.25) is 0 Å². The van der Waals surface area contributed by atoms with Crippen LogP contribution in [0.15, 0.2) is 64.1 Å². The molecule has 2 aromatic rings. The molecule has 0 fully saturated rings. The average molecular weight is 695 g/mol. The van der Waals surface area contributed by atoms with Crippen LogP contribution in [0.3, 0.4) is 0 Å². The van der Waals surface area contributed by atoms with Gasteiger partial charge in [-0.1, -0.05) is 31.9 Å². The molecule has 0 saturated heterocycles. The first-order valence-corrected chi connectivity index (χ1v) is 11.6. The summed E-state index contributed by atoms with van der Waals surface area (Å²) >= 11 is 12.1. The van der Waals surface area contributed by atoms with Gasteiger partial charge in [-0.15, -0.1) is 0 Å². The van der Waals surface area contributed by atoms with E-state index in [2.05, 4.69) is 63.7 Å². The van der Waals surface area contributed by atoms with E-state index in [4.69, 9.17) is 0 Å². The molecule has 0 aliphatic heterocycles. The van der Waals surface area contributed by atoms with Crippen molar-refractivity contribution in [3.05, 3.63) is 54.3 Å². The molecule has 0 amide bonds. The first-order valence-electron chi connectivity index (χ1n) is 5.64. The first-order chi connectivity index (χ1) is 10.8. The van der Waals surface area contributed by atoms with Crippen LogP contribution in [0.25, 0.3) is 0 Å². The maximum absolute atomic E-state index is 10.6. The van der Waals surface area contributed by atoms with Gasteiger partial charge in [0, 0.05) is 17.9 Å². The summed E-state index contributed by atoms with van der Waals surface area (Å²) in [4.78, 5) is -0.506. The van der Waals surface area contributed by atoms with E-state index >= 15 is 0 Å². The minimum atomic E-state index is -4.38. The van der Waals surface area contributed by atoms with E-state index in [9.17, 15) is 25.9 Å². The third-order valence-electron chi connectivity index (χ3n) is 2.33. The van der Waals surface area contributed by atoms with Crippen LogP contribution in [0.4, 0.5) is 0 Å². The molecule has 0 radical (unpaired) electrons. The van der Waals surface area contributed by atoms with E-state index in [0.29, 0.717) is 8.95 Å². The third-order valence-corrected chi connectivity index (χ3v) is 6.97. The van der Waals surface area contributed by atoms with Gasteiger partial charge in [0.2, 0.25) is 0 Å². The molecule has 0 aromatic heterocycles. The molecule has 6 nitrogen and oxygen atoms in total. The molecule has 0 heterocycles. The van der Waals surface area contributed by atoms with Gasteiger partial charge < -0.3 is 9.11 Å². The molecule has 132 valence electrons. The van der Waals surface area contributed by atoms with Crippen molar-refractivity contribution < 1.29 is 45.4 Å². The second-order valence-corrected chi connectivity index (χ2v) is 10.3. The summed E-state index contributed by atoms with van der Waals surface area (Å²) in [6.45, 7) is 0. The molecule has 0 spiro atoms. The van der Waals surface area contributed by atoms with Crippen molar-refractivity contribution in [1.29, 1.82) is 0 Å². The van der Waals surface area contributed by atoms with Gasteiger partial charge in [-0.25, -0.2) is 16.8 Å². The maximum atomic E-state index is 10.6. The van der Waals surface area contributed by atoms with Crippen molar-refractivity contribution in [2.75, 3.05) is 0 Å². The molecular formula is C12H6Br4O6S2Zn. The molecule has 2 aromatic carbocycles. The van der Waals surface area contributed by atoms with Crippen molar-refractivity contribution in [2.45, 2.75) is 9.79 Å². The van der Waals surface area contributed by atoms with Crippen LogP contribution >= 0.6 is 63.7 Å². The Balaban J connectivity index is 0.000000443. The molecule has 0 unspecified atom stereocenters. The minimum Gasteiger partial charge on any atom is -0.744 e. The standard InChI is InChI=1S/2C6H4Br2O3S.Zn/c2*7-4-1-2-5(8)6(3-4)12(9,10)11;/h2*1-3H,(H,9,10,11);/q;;+2/p-2. The third kappa shape index (κ3) is 8.57. The fraction of sp³-hybridized carbons (Fsp3) is 0. The van der Waals surface area contributed by atoms with Gasteiger partial charge in [0.15, 0.2) is 0 Å². The quantitative estimate of drug-likeness (QED) is 0.344. The summed E-state index contributed by atoms with van der Waals surface area (Å²) in [5.74, 6) is 0. The Morgan fingerprint density at radius 2 is 0.920 bits per heavy atom. The van der Waals surface area contributed by atoms with Crippen LogP contribution in [0.2, 0.25) is 0 Å². The molecule has 0 atom stereocenters. The Labute approximate surface area is 191 Å². The molecule has 0 saturated carbocycles. The van der Waals surface area contributed by atoms with E-state index in [-0.39, 0.29) is 38.2 Å². The second-order valence-electron chi connectivity index (χ2n) is 4.06. The number of halogens is 4. The van der Waals surface area contributed by atoms with Crippen LogP contribution in [-0.2, 0) is 39.7 Å². The van der Waals surface area contributed by atoms with Gasteiger partial charge in [-0.2, -0.15) is 0 Å². The summed E-state index contributed by atoms with van der Waals surface area (Å²) in [6, 6.07) is 8.78. The molecule has 0 N–H and O–H groups in total. The molecule has 0 bridgehead atoms. The summed E-state index contributed by atoms with van der Waals surface area (Å²) in [5.41, 5.74) is 0. The van der Waals surface area contributed by atoms with Crippen LogP contribution in [0.1, 0.15) is 0 Å². The number of hydrogen-bond acceptors (Lipinski definition) is 6. The zero-order valence-electron chi connectivity index (χ0n) is 11.9. The van der Waals surface area contributed by atoms with Crippen LogP contribution in [-0.4, -0.2) is 25.9 Å². The van der Waals surface area contributed by atoms with Crippen molar-refractivity contribution in [3.63, 3.8) is 0 Å². The number of benzene rings is 2. The van der Waals surface area contributed by atoms with Crippen LogP contribution in [0, 0.1) is 0 Å². The molecular weight excluding hydrogens is 689 g/mol. The van der Waals surface area contributed by atoms with E-state index in [1.54, 1.807) is 12.1 Å². The van der Waals surface area contributed by atoms with Gasteiger partial charge in [0.25, 0.3) is 0 Å². The predicted molar refractivity (Wildman–Crippen MR) is 99.6 cm³/mol. The van der Waals surface area contributed by atoms with Gasteiger partial charge in [0.1, 0.15) is 20.2 Å². The topological polar surface area (TPSA) is 114 Å². The van der Waals surface area contributed by atoms with E-state index in [0.717, 1.165) is 0 Å². The summed E-state index contributed by atoms with van der Waals surface area (Å²) in [5, 5.41) is 0. The van der Waals surface area contributed by atoms with Crippen LogP contribution < -0.4 is 0 Å². The Morgan fingerprint density at radius 3 is 1.12 bits per heavy atom. The molecule has 25 heavy (non-hydrogen) atoms. The normalized spacial score (nSPS) is 11.1. The van der Waals surface area contributed by atoms with Crippen LogP contribution in [0.5, 0.6) is 0 Å². The SMILES string of the molecule is O=S(=O)([O-])c1cc(Br)ccc1Br.O=S(=O)([O-])c1cc(Br)ccc1Br.[Zn+2]. The smallest absolute Gasteiger partial charge is 0.744 e. The Morgan fingerprint density at radius 1 is 0.640 bits per heavy atom. The van der Waals surface area contributed by atoms with Crippen molar-refractivity contribution >= 4 is 84.0 Å². The summed E-state index contributed by atoms with van der Waals surface area (Å²) < 4.78 is 65.3. The molecule has 0 aliphatic carbocycles. The maximum Gasteiger partial charge on any atom is 2.00 e. The molecule has 2 rings (SSSR count). The second kappa shape index (κ2) is 10.4. The Bertz CT molecular complexity index is 884. The van der Waals surface area contributed by atoms with E-state index in [1.807, 2.05) is 0 Å². The molecule has 0 aliphatic rings. The van der Waals surface area contributed by atoms with Gasteiger partial charge in [0.05, 0.1) is 9.79 Å². The fourth-order valence-corrected chi connectivity index (χ4v) is 5.20. The van der Waals surface area contributed by atoms with Gasteiger partial charge in [-0.05, 0) is 68.3 Å². The predicted octanol–water partition coefficient (Wildman–Crippen LogP) is 4.23. The van der Waals surface area contributed by atoms with Crippen molar-refractivity contribution in [2.24, 2.45) is 0 Å². The van der Waals surface area contributed by atoms with Crippen molar-refractivity contribution in [1.82, 2.24) is 0 Å². The summed E-state index contributed by atoms with van der Waals surface area (Å²) in [6.07, 6.45) is 0. The zero-order valence-corrected chi connectivity index (χ0v) is 22.9. The Kier molecular flexibility index (Phi) is 10.7. The zero-order chi connectivity index (χ0) is 18.7. The largest absolute Gasteiger partial charge is 2.00 e. The van der Waals surface area contributed by atoms with Gasteiger partial charge >= 0.3 is 19.5 Å². The Hall–Kier alpha value is 0.803. The monoisotopic (exact) mass is 690 g/mol. The van der Waals surface area contributed by atoms with E-state index in [1.165, 1.54) is 24.3 Å².